The van der Waals surface area contributed by atoms with Gasteiger partial charge in [0.25, 0.3) is 5.91 Å². The van der Waals surface area contributed by atoms with Gasteiger partial charge in [-0.1, -0.05) is 35.5 Å². The zero-order chi connectivity index (χ0) is 17.4. The van der Waals surface area contributed by atoms with Gasteiger partial charge in [-0.25, -0.2) is 0 Å². The van der Waals surface area contributed by atoms with E-state index in [1.165, 1.54) is 0 Å². The topological polar surface area (TPSA) is 47.6 Å². The second-order valence-electron chi connectivity index (χ2n) is 5.07. The van der Waals surface area contributed by atoms with E-state index in [4.69, 9.17) is 9.47 Å². The van der Waals surface area contributed by atoms with Gasteiger partial charge in [0.15, 0.2) is 0 Å². The number of rotatable bonds is 8. The molecule has 0 aromatic heterocycles. The summed E-state index contributed by atoms with van der Waals surface area (Å²) in [7, 11) is 0. The van der Waals surface area contributed by atoms with E-state index in [1.54, 1.807) is 42.5 Å². The van der Waals surface area contributed by atoms with E-state index >= 15 is 0 Å². The predicted octanol–water partition coefficient (Wildman–Crippen LogP) is 5.06. The number of carbonyl (C=O) groups excluding carboxylic acids is 1. The Labute approximate surface area is 150 Å². The Morgan fingerprint density at radius 3 is 2.62 bits per heavy atom. The molecule has 0 aliphatic heterocycles. The first-order chi connectivity index (χ1) is 11.6. The second kappa shape index (κ2) is 9.13. The summed E-state index contributed by atoms with van der Waals surface area (Å²) in [6.45, 7) is 6.64. The van der Waals surface area contributed by atoms with Gasteiger partial charge in [-0.05, 0) is 48.9 Å². The summed E-state index contributed by atoms with van der Waals surface area (Å²) in [5.41, 5.74) is 1.18. The van der Waals surface area contributed by atoms with Crippen LogP contribution < -0.4 is 14.8 Å². The smallest absolute Gasteiger partial charge is 0.259 e. The van der Waals surface area contributed by atoms with Crippen molar-refractivity contribution >= 4 is 27.5 Å². The van der Waals surface area contributed by atoms with E-state index in [0.29, 0.717) is 30.2 Å². The lowest BCUT2D eigenvalue weighted by atomic mass is 10.2. The summed E-state index contributed by atoms with van der Waals surface area (Å²) in [6.07, 6.45) is 2.56. The average molecular weight is 390 g/mol. The number of ether oxygens (including phenoxy) is 2. The Kier molecular flexibility index (Phi) is 6.88. The van der Waals surface area contributed by atoms with Gasteiger partial charge in [0.1, 0.15) is 18.1 Å². The van der Waals surface area contributed by atoms with Gasteiger partial charge >= 0.3 is 0 Å². The molecule has 0 fully saturated rings. The minimum Gasteiger partial charge on any atom is -0.493 e. The fraction of sp³-hybridized carbons (Fsp3) is 0.211. The Hall–Kier alpha value is -2.27. The summed E-state index contributed by atoms with van der Waals surface area (Å²) in [5, 5.41) is 2.87. The number of benzene rings is 2. The van der Waals surface area contributed by atoms with Crippen molar-refractivity contribution in [1.82, 2.24) is 0 Å². The van der Waals surface area contributed by atoms with Crippen LogP contribution >= 0.6 is 15.9 Å². The third-order valence-electron chi connectivity index (χ3n) is 3.13. The lowest BCUT2D eigenvalue weighted by Crippen LogP contribution is -2.14. The quantitative estimate of drug-likeness (QED) is 0.642. The highest BCUT2D eigenvalue weighted by Crippen LogP contribution is 2.25. The van der Waals surface area contributed by atoms with E-state index in [1.807, 2.05) is 13.0 Å². The molecule has 0 bridgehead atoms. The highest BCUT2D eigenvalue weighted by Gasteiger charge is 2.13. The van der Waals surface area contributed by atoms with Crippen molar-refractivity contribution in [1.29, 1.82) is 0 Å². The van der Waals surface area contributed by atoms with Crippen LogP contribution in [0, 0.1) is 0 Å². The Morgan fingerprint density at radius 1 is 1.21 bits per heavy atom. The fourth-order valence-electron chi connectivity index (χ4n) is 2.01. The van der Waals surface area contributed by atoms with Crippen molar-refractivity contribution in [3.8, 4) is 11.5 Å². The number of hydrogen-bond acceptors (Lipinski definition) is 3. The van der Waals surface area contributed by atoms with Crippen LogP contribution in [0.4, 0.5) is 5.69 Å². The van der Waals surface area contributed by atoms with Crippen molar-refractivity contribution in [3.05, 3.63) is 65.2 Å². The summed E-state index contributed by atoms with van der Waals surface area (Å²) in [4.78, 5) is 12.6. The molecule has 2 rings (SSSR count). The molecule has 0 heterocycles. The maximum Gasteiger partial charge on any atom is 0.259 e. The van der Waals surface area contributed by atoms with Crippen LogP contribution in [0.3, 0.4) is 0 Å². The molecular formula is C19H20BrNO3. The lowest BCUT2D eigenvalue weighted by Gasteiger charge is -2.12. The zero-order valence-electron chi connectivity index (χ0n) is 13.5. The minimum absolute atomic E-state index is 0.220. The van der Waals surface area contributed by atoms with Gasteiger partial charge in [0, 0.05) is 10.2 Å². The van der Waals surface area contributed by atoms with Crippen LogP contribution in [-0.4, -0.2) is 19.1 Å². The number of carbonyl (C=O) groups is 1. The number of amides is 1. The maximum absolute atomic E-state index is 12.6. The third-order valence-corrected chi connectivity index (χ3v) is 3.62. The SMILES string of the molecule is C=CCOc1ccc(NC(=O)c2cc(Br)ccc2OCCC)cc1. The second-order valence-corrected chi connectivity index (χ2v) is 5.98. The van der Waals surface area contributed by atoms with Crippen molar-refractivity contribution in [2.24, 2.45) is 0 Å². The average Bonchev–Trinajstić information content (AvgIpc) is 2.60. The molecule has 1 amide bonds. The molecule has 0 saturated heterocycles. The van der Waals surface area contributed by atoms with Gasteiger partial charge in [-0.3, -0.25) is 4.79 Å². The zero-order valence-corrected chi connectivity index (χ0v) is 15.1. The molecule has 1 N–H and O–H groups in total. The van der Waals surface area contributed by atoms with Crippen LogP contribution in [0.1, 0.15) is 23.7 Å². The van der Waals surface area contributed by atoms with Crippen LogP contribution in [0.15, 0.2) is 59.6 Å². The number of anilines is 1. The summed E-state index contributed by atoms with van der Waals surface area (Å²) in [5.74, 6) is 1.08. The van der Waals surface area contributed by atoms with Gasteiger partial charge in [-0.15, -0.1) is 0 Å². The molecule has 2 aromatic rings. The molecule has 0 aliphatic carbocycles. The van der Waals surface area contributed by atoms with Crippen LogP contribution in [-0.2, 0) is 0 Å². The van der Waals surface area contributed by atoms with E-state index in [9.17, 15) is 4.79 Å². The van der Waals surface area contributed by atoms with E-state index in [-0.39, 0.29) is 5.91 Å². The van der Waals surface area contributed by atoms with Crippen molar-refractivity contribution < 1.29 is 14.3 Å². The number of halogens is 1. The van der Waals surface area contributed by atoms with Gasteiger partial charge in [0.05, 0.1) is 12.2 Å². The maximum atomic E-state index is 12.6. The molecule has 126 valence electrons. The highest BCUT2D eigenvalue weighted by atomic mass is 79.9. The molecule has 4 nitrogen and oxygen atoms in total. The van der Waals surface area contributed by atoms with E-state index < -0.39 is 0 Å². The normalized spacial score (nSPS) is 10.1. The molecule has 24 heavy (non-hydrogen) atoms. The first kappa shape index (κ1) is 18.1. The third kappa shape index (κ3) is 5.13. The van der Waals surface area contributed by atoms with Crippen molar-refractivity contribution in [3.63, 3.8) is 0 Å². The Balaban J connectivity index is 2.11. The molecule has 0 radical (unpaired) electrons. The highest BCUT2D eigenvalue weighted by molar-refractivity contribution is 9.10. The molecule has 0 atom stereocenters. The first-order valence-corrected chi connectivity index (χ1v) is 8.50. The molecule has 0 unspecified atom stereocenters. The van der Waals surface area contributed by atoms with Gasteiger partial charge in [-0.2, -0.15) is 0 Å². The molecule has 0 spiro atoms. The molecule has 5 heteroatoms. The number of hydrogen-bond donors (Lipinski definition) is 1. The number of nitrogens with one attached hydrogen (secondary N) is 1. The van der Waals surface area contributed by atoms with Gasteiger partial charge in [0.2, 0.25) is 0 Å². The molecule has 2 aromatic carbocycles. The Morgan fingerprint density at radius 2 is 1.96 bits per heavy atom. The fourth-order valence-corrected chi connectivity index (χ4v) is 2.37. The summed E-state index contributed by atoms with van der Waals surface area (Å²) < 4.78 is 11.9. The standard InChI is InChI=1S/C19H20BrNO3/c1-3-11-23-16-8-6-15(7-9-16)21-19(22)17-13-14(20)5-10-18(17)24-12-4-2/h3,5-10,13H,1,4,11-12H2,2H3,(H,21,22). The lowest BCUT2D eigenvalue weighted by molar-refractivity contribution is 0.102. The van der Waals surface area contributed by atoms with E-state index in [2.05, 4.69) is 27.8 Å². The molecule has 0 saturated carbocycles. The Bertz CT molecular complexity index is 698. The van der Waals surface area contributed by atoms with Crippen molar-refractivity contribution in [2.75, 3.05) is 18.5 Å². The van der Waals surface area contributed by atoms with E-state index in [0.717, 1.165) is 16.6 Å². The molecule has 0 aliphatic rings. The summed E-state index contributed by atoms with van der Waals surface area (Å²) >= 11 is 3.39. The van der Waals surface area contributed by atoms with Gasteiger partial charge < -0.3 is 14.8 Å². The minimum atomic E-state index is -0.220. The monoisotopic (exact) mass is 389 g/mol. The first-order valence-electron chi connectivity index (χ1n) is 7.71. The van der Waals surface area contributed by atoms with Crippen LogP contribution in [0.5, 0.6) is 11.5 Å². The largest absolute Gasteiger partial charge is 0.493 e. The summed E-state index contributed by atoms with van der Waals surface area (Å²) in [6, 6.07) is 12.6. The van der Waals surface area contributed by atoms with Crippen molar-refractivity contribution in [2.45, 2.75) is 13.3 Å². The van der Waals surface area contributed by atoms with Crippen LogP contribution in [0.2, 0.25) is 0 Å². The predicted molar refractivity (Wildman–Crippen MR) is 100 cm³/mol. The molecular weight excluding hydrogens is 370 g/mol. The van der Waals surface area contributed by atoms with Crippen LogP contribution in [0.25, 0.3) is 0 Å².